The van der Waals surface area contributed by atoms with E-state index in [0.29, 0.717) is 5.56 Å². The minimum absolute atomic E-state index is 0.0131. The van der Waals surface area contributed by atoms with E-state index in [0.717, 1.165) is 11.1 Å². The predicted molar refractivity (Wildman–Crippen MR) is 56.7 cm³/mol. The lowest BCUT2D eigenvalue weighted by Gasteiger charge is -2.07. The number of carbonyl (C=O) groups excluding carboxylic acids is 2. The van der Waals surface area contributed by atoms with Crippen molar-refractivity contribution in [3.05, 3.63) is 34.9 Å². The van der Waals surface area contributed by atoms with Crippen molar-refractivity contribution in [3.8, 4) is 0 Å². The van der Waals surface area contributed by atoms with Crippen molar-refractivity contribution in [1.29, 1.82) is 0 Å². The highest BCUT2D eigenvalue weighted by atomic mass is 16.5. The minimum atomic E-state index is -0.343. The molecular formula is C12H14O3. The summed E-state index contributed by atoms with van der Waals surface area (Å²) >= 11 is 0. The second-order valence-electron chi connectivity index (χ2n) is 3.50. The van der Waals surface area contributed by atoms with E-state index in [1.807, 2.05) is 19.1 Å². The van der Waals surface area contributed by atoms with E-state index in [4.69, 9.17) is 4.74 Å². The van der Waals surface area contributed by atoms with Crippen LogP contribution in [0.25, 0.3) is 0 Å². The van der Waals surface area contributed by atoms with E-state index in [9.17, 15) is 9.59 Å². The number of hydrogen-bond acceptors (Lipinski definition) is 3. The molecule has 1 rings (SSSR count). The topological polar surface area (TPSA) is 43.4 Å². The molecule has 0 heterocycles. The number of ketones is 1. The number of rotatable bonds is 3. The standard InChI is InChI=1S/C12H14O3/c1-8-4-5-11(7-15-10(3)14)12(6-8)9(2)13/h4-6H,7H2,1-3H3. The van der Waals surface area contributed by atoms with Crippen LogP contribution in [-0.4, -0.2) is 11.8 Å². The number of ether oxygens (including phenoxy) is 1. The molecule has 0 aromatic heterocycles. The first-order chi connectivity index (χ1) is 7.00. The molecule has 0 N–H and O–H groups in total. The first-order valence-corrected chi connectivity index (χ1v) is 4.74. The van der Waals surface area contributed by atoms with E-state index in [1.165, 1.54) is 13.8 Å². The van der Waals surface area contributed by atoms with Gasteiger partial charge >= 0.3 is 5.97 Å². The fourth-order valence-electron chi connectivity index (χ4n) is 1.32. The van der Waals surface area contributed by atoms with Gasteiger partial charge in [0.1, 0.15) is 6.61 Å². The summed E-state index contributed by atoms with van der Waals surface area (Å²) < 4.78 is 4.87. The second kappa shape index (κ2) is 4.73. The van der Waals surface area contributed by atoms with Crippen LogP contribution >= 0.6 is 0 Å². The number of benzene rings is 1. The zero-order valence-electron chi connectivity index (χ0n) is 9.16. The first-order valence-electron chi connectivity index (χ1n) is 4.74. The molecule has 0 aliphatic heterocycles. The molecule has 0 amide bonds. The lowest BCUT2D eigenvalue weighted by atomic mass is 10.0. The molecule has 0 saturated heterocycles. The lowest BCUT2D eigenvalue weighted by molar-refractivity contribution is -0.142. The van der Waals surface area contributed by atoms with Crippen LogP contribution in [0.4, 0.5) is 0 Å². The summed E-state index contributed by atoms with van der Waals surface area (Å²) in [6.45, 7) is 4.93. The summed E-state index contributed by atoms with van der Waals surface area (Å²) in [5.41, 5.74) is 2.39. The zero-order valence-corrected chi connectivity index (χ0v) is 9.16. The van der Waals surface area contributed by atoms with Crippen molar-refractivity contribution < 1.29 is 14.3 Å². The van der Waals surface area contributed by atoms with Crippen LogP contribution in [0.15, 0.2) is 18.2 Å². The third-order valence-corrected chi connectivity index (χ3v) is 2.08. The molecule has 0 aliphatic carbocycles. The summed E-state index contributed by atoms with van der Waals surface area (Å²) in [5.74, 6) is -0.356. The Labute approximate surface area is 89.1 Å². The minimum Gasteiger partial charge on any atom is -0.461 e. The van der Waals surface area contributed by atoms with Gasteiger partial charge in [0.05, 0.1) is 0 Å². The van der Waals surface area contributed by atoms with Gasteiger partial charge in [0.2, 0.25) is 0 Å². The molecule has 0 atom stereocenters. The van der Waals surface area contributed by atoms with Crippen molar-refractivity contribution >= 4 is 11.8 Å². The first kappa shape index (κ1) is 11.4. The van der Waals surface area contributed by atoms with Crippen LogP contribution in [0.5, 0.6) is 0 Å². The Morgan fingerprint density at radius 2 is 1.93 bits per heavy atom. The van der Waals surface area contributed by atoms with Gasteiger partial charge in [-0.15, -0.1) is 0 Å². The van der Waals surface area contributed by atoms with Crippen molar-refractivity contribution in [2.75, 3.05) is 0 Å². The summed E-state index contributed by atoms with van der Waals surface area (Å²) in [6, 6.07) is 5.52. The molecular weight excluding hydrogens is 192 g/mol. The summed E-state index contributed by atoms with van der Waals surface area (Å²) in [5, 5.41) is 0. The van der Waals surface area contributed by atoms with Crippen molar-refractivity contribution in [1.82, 2.24) is 0 Å². The smallest absolute Gasteiger partial charge is 0.302 e. The third kappa shape index (κ3) is 3.20. The van der Waals surface area contributed by atoms with Crippen molar-refractivity contribution in [2.24, 2.45) is 0 Å². The van der Waals surface area contributed by atoms with Gasteiger partial charge in [-0.1, -0.05) is 17.7 Å². The molecule has 3 nitrogen and oxygen atoms in total. The Morgan fingerprint density at radius 3 is 2.47 bits per heavy atom. The molecule has 15 heavy (non-hydrogen) atoms. The van der Waals surface area contributed by atoms with Gasteiger partial charge < -0.3 is 4.74 Å². The van der Waals surface area contributed by atoms with E-state index >= 15 is 0 Å². The Bertz CT molecular complexity index is 394. The average molecular weight is 206 g/mol. The molecule has 3 heteroatoms. The van der Waals surface area contributed by atoms with Crippen LogP contribution in [0.1, 0.15) is 35.3 Å². The normalized spacial score (nSPS) is 9.80. The van der Waals surface area contributed by atoms with E-state index in [1.54, 1.807) is 6.07 Å². The summed E-state index contributed by atoms with van der Waals surface area (Å²) in [6.07, 6.45) is 0. The monoisotopic (exact) mass is 206 g/mol. The van der Waals surface area contributed by atoms with E-state index in [2.05, 4.69) is 0 Å². The van der Waals surface area contributed by atoms with Crippen LogP contribution in [0.3, 0.4) is 0 Å². The van der Waals surface area contributed by atoms with Gasteiger partial charge in [0.15, 0.2) is 5.78 Å². The van der Waals surface area contributed by atoms with Gasteiger partial charge in [-0.05, 0) is 19.9 Å². The third-order valence-electron chi connectivity index (χ3n) is 2.08. The van der Waals surface area contributed by atoms with Crippen LogP contribution < -0.4 is 0 Å². The number of carbonyl (C=O) groups is 2. The van der Waals surface area contributed by atoms with Gasteiger partial charge in [-0.2, -0.15) is 0 Å². The Kier molecular flexibility index (Phi) is 3.61. The molecule has 1 aromatic rings. The van der Waals surface area contributed by atoms with Gasteiger partial charge in [0.25, 0.3) is 0 Å². The highest BCUT2D eigenvalue weighted by Gasteiger charge is 2.08. The highest BCUT2D eigenvalue weighted by molar-refractivity contribution is 5.95. The number of esters is 1. The molecule has 0 radical (unpaired) electrons. The Balaban J connectivity index is 2.95. The van der Waals surface area contributed by atoms with E-state index in [-0.39, 0.29) is 18.4 Å². The summed E-state index contributed by atoms with van der Waals surface area (Å²) in [4.78, 5) is 22.0. The van der Waals surface area contributed by atoms with Gasteiger partial charge in [-0.3, -0.25) is 9.59 Å². The number of Topliss-reactive ketones (excluding diaryl/α,β-unsaturated/α-hetero) is 1. The number of hydrogen-bond donors (Lipinski definition) is 0. The van der Waals surface area contributed by atoms with Gasteiger partial charge in [0, 0.05) is 18.1 Å². The number of aryl methyl sites for hydroxylation is 1. The van der Waals surface area contributed by atoms with Crippen LogP contribution in [-0.2, 0) is 16.1 Å². The Hall–Kier alpha value is -1.64. The summed E-state index contributed by atoms with van der Waals surface area (Å²) in [7, 11) is 0. The lowest BCUT2D eigenvalue weighted by Crippen LogP contribution is -2.05. The van der Waals surface area contributed by atoms with E-state index < -0.39 is 0 Å². The van der Waals surface area contributed by atoms with Crippen molar-refractivity contribution in [3.63, 3.8) is 0 Å². The maximum Gasteiger partial charge on any atom is 0.302 e. The molecule has 1 aromatic carbocycles. The van der Waals surface area contributed by atoms with Crippen molar-refractivity contribution in [2.45, 2.75) is 27.4 Å². The zero-order chi connectivity index (χ0) is 11.4. The fraction of sp³-hybridized carbons (Fsp3) is 0.333. The second-order valence-corrected chi connectivity index (χ2v) is 3.50. The maximum atomic E-state index is 11.3. The quantitative estimate of drug-likeness (QED) is 0.562. The maximum absolute atomic E-state index is 11.3. The molecule has 0 saturated carbocycles. The Morgan fingerprint density at radius 1 is 1.27 bits per heavy atom. The fourth-order valence-corrected chi connectivity index (χ4v) is 1.32. The molecule has 0 spiro atoms. The predicted octanol–water partition coefficient (Wildman–Crippen LogP) is 2.26. The van der Waals surface area contributed by atoms with Crippen LogP contribution in [0.2, 0.25) is 0 Å². The molecule has 0 fully saturated rings. The molecule has 0 bridgehead atoms. The largest absolute Gasteiger partial charge is 0.461 e. The highest BCUT2D eigenvalue weighted by Crippen LogP contribution is 2.13. The molecule has 0 aliphatic rings. The van der Waals surface area contributed by atoms with Gasteiger partial charge in [-0.25, -0.2) is 0 Å². The molecule has 0 unspecified atom stereocenters. The average Bonchev–Trinajstić information content (AvgIpc) is 2.15. The molecule has 80 valence electrons. The van der Waals surface area contributed by atoms with Crippen LogP contribution in [0, 0.1) is 6.92 Å². The SMILES string of the molecule is CC(=O)OCc1ccc(C)cc1C(C)=O.